The van der Waals surface area contributed by atoms with Gasteiger partial charge in [-0.2, -0.15) is 5.10 Å². The van der Waals surface area contributed by atoms with Crippen molar-refractivity contribution in [3.8, 4) is 0 Å². The highest BCUT2D eigenvalue weighted by molar-refractivity contribution is 6.37. The molecule has 1 N–H and O–H groups in total. The van der Waals surface area contributed by atoms with Gasteiger partial charge in [0.2, 0.25) is 0 Å². The fraction of sp³-hybridized carbons (Fsp3) is 0. The third-order valence-electron chi connectivity index (χ3n) is 1.34. The van der Waals surface area contributed by atoms with E-state index in [1.54, 1.807) is 12.3 Å². The summed E-state index contributed by atoms with van der Waals surface area (Å²) in [6.45, 7) is 0. The molecule has 0 aliphatic carbocycles. The first-order chi connectivity index (χ1) is 5.27. The normalized spacial score (nSPS) is 10.7. The second-order valence-electron chi connectivity index (χ2n) is 2.05. The molecule has 2 heterocycles. The van der Waals surface area contributed by atoms with Crippen LogP contribution in [0.5, 0.6) is 0 Å². The fourth-order valence-electron chi connectivity index (χ4n) is 0.859. The molecule has 0 radical (unpaired) electrons. The van der Waals surface area contributed by atoms with E-state index in [2.05, 4.69) is 15.2 Å². The van der Waals surface area contributed by atoms with Gasteiger partial charge in [-0.3, -0.25) is 5.10 Å². The molecule has 0 fully saturated rings. The van der Waals surface area contributed by atoms with E-state index in [0.29, 0.717) is 15.8 Å². The molecule has 0 saturated heterocycles. The summed E-state index contributed by atoms with van der Waals surface area (Å²) in [7, 11) is 0. The van der Waals surface area contributed by atoms with E-state index < -0.39 is 0 Å². The van der Waals surface area contributed by atoms with Gasteiger partial charge in [0.1, 0.15) is 5.15 Å². The Hall–Kier alpha value is -0.800. The quantitative estimate of drug-likeness (QED) is 0.644. The van der Waals surface area contributed by atoms with Crippen LogP contribution < -0.4 is 0 Å². The lowest BCUT2D eigenvalue weighted by Gasteiger charge is -1.91. The topological polar surface area (TPSA) is 41.6 Å². The average Bonchev–Trinajstić information content (AvgIpc) is 2.34. The molecule has 2 aromatic heterocycles. The number of pyridine rings is 1. The highest BCUT2D eigenvalue weighted by Crippen LogP contribution is 2.22. The largest absolute Gasteiger partial charge is 0.283 e. The van der Waals surface area contributed by atoms with Gasteiger partial charge < -0.3 is 0 Å². The van der Waals surface area contributed by atoms with E-state index in [4.69, 9.17) is 23.2 Å². The lowest BCUT2D eigenvalue weighted by atomic mass is 10.4. The third kappa shape index (κ3) is 1.06. The van der Waals surface area contributed by atoms with Crippen molar-refractivity contribution >= 4 is 34.2 Å². The number of hydrogen-bond donors (Lipinski definition) is 1. The first kappa shape index (κ1) is 6.88. The monoisotopic (exact) mass is 187 g/mol. The maximum atomic E-state index is 5.82. The molecule has 0 amide bonds. The summed E-state index contributed by atoms with van der Waals surface area (Å²) < 4.78 is 0. The summed E-state index contributed by atoms with van der Waals surface area (Å²) in [4.78, 5) is 3.94. The van der Waals surface area contributed by atoms with Crippen molar-refractivity contribution in [2.24, 2.45) is 0 Å². The van der Waals surface area contributed by atoms with Crippen molar-refractivity contribution in [2.75, 3.05) is 0 Å². The lowest BCUT2D eigenvalue weighted by Crippen LogP contribution is -1.77. The van der Waals surface area contributed by atoms with E-state index >= 15 is 0 Å². The first-order valence-electron chi connectivity index (χ1n) is 2.93. The van der Waals surface area contributed by atoms with E-state index in [0.717, 1.165) is 5.39 Å². The zero-order valence-electron chi connectivity index (χ0n) is 5.31. The molecule has 0 bridgehead atoms. The van der Waals surface area contributed by atoms with Crippen molar-refractivity contribution in [2.45, 2.75) is 0 Å². The van der Waals surface area contributed by atoms with Crippen LogP contribution in [0.15, 0.2) is 12.3 Å². The van der Waals surface area contributed by atoms with Crippen LogP contribution in [0.3, 0.4) is 0 Å². The second-order valence-corrected chi connectivity index (χ2v) is 2.84. The zero-order valence-corrected chi connectivity index (χ0v) is 6.82. The summed E-state index contributed by atoms with van der Waals surface area (Å²) in [5.41, 5.74) is 0.544. The maximum Gasteiger partial charge on any atom is 0.183 e. The van der Waals surface area contributed by atoms with Gasteiger partial charge in [0, 0.05) is 6.20 Å². The molecule has 0 atom stereocenters. The van der Waals surface area contributed by atoms with Gasteiger partial charge in [0.15, 0.2) is 5.65 Å². The van der Waals surface area contributed by atoms with E-state index in [-0.39, 0.29) is 0 Å². The van der Waals surface area contributed by atoms with Crippen LogP contribution in [-0.2, 0) is 0 Å². The van der Waals surface area contributed by atoms with Crippen LogP contribution >= 0.6 is 23.2 Å². The summed E-state index contributed by atoms with van der Waals surface area (Å²) in [6, 6.07) is 1.58. The molecule has 0 unspecified atom stereocenters. The Kier molecular flexibility index (Phi) is 1.47. The van der Waals surface area contributed by atoms with Gasteiger partial charge in [-0.25, -0.2) is 4.98 Å². The van der Waals surface area contributed by atoms with E-state index in [1.807, 2.05) is 0 Å². The van der Waals surface area contributed by atoms with Crippen LogP contribution in [-0.4, -0.2) is 15.2 Å². The smallest absolute Gasteiger partial charge is 0.183 e. The molecule has 2 aromatic rings. The molecule has 5 heteroatoms. The molecule has 0 saturated carbocycles. The number of nitrogens with zero attached hydrogens (tertiary/aromatic N) is 2. The molecule has 0 aliphatic heterocycles. The first-order valence-corrected chi connectivity index (χ1v) is 3.68. The molecule has 2 rings (SSSR count). The fourth-order valence-corrected chi connectivity index (χ4v) is 1.35. The van der Waals surface area contributed by atoms with Crippen LogP contribution in [0, 0.1) is 0 Å². The van der Waals surface area contributed by atoms with Gasteiger partial charge in [-0.05, 0) is 6.07 Å². The minimum absolute atomic E-state index is 0.356. The average molecular weight is 188 g/mol. The molecule has 0 spiro atoms. The zero-order chi connectivity index (χ0) is 7.84. The van der Waals surface area contributed by atoms with Crippen LogP contribution in [0.4, 0.5) is 0 Å². The molecule has 0 aliphatic rings. The van der Waals surface area contributed by atoms with Crippen LogP contribution in [0.1, 0.15) is 0 Å². The highest BCUT2D eigenvalue weighted by Gasteiger charge is 2.03. The van der Waals surface area contributed by atoms with Crippen molar-refractivity contribution in [1.29, 1.82) is 0 Å². The van der Waals surface area contributed by atoms with Gasteiger partial charge in [0.25, 0.3) is 0 Å². The Morgan fingerprint density at radius 2 is 2.18 bits per heavy atom. The minimum Gasteiger partial charge on any atom is -0.283 e. The second kappa shape index (κ2) is 2.36. The highest BCUT2D eigenvalue weighted by atomic mass is 35.5. The Labute approximate surface area is 72.3 Å². The van der Waals surface area contributed by atoms with Crippen molar-refractivity contribution in [3.05, 3.63) is 22.4 Å². The van der Waals surface area contributed by atoms with Gasteiger partial charge in [-0.15, -0.1) is 0 Å². The lowest BCUT2D eigenvalue weighted by molar-refractivity contribution is 1.10. The van der Waals surface area contributed by atoms with Gasteiger partial charge in [0.05, 0.1) is 10.4 Å². The Bertz CT molecular complexity index is 396. The Morgan fingerprint density at radius 3 is 3.00 bits per heavy atom. The van der Waals surface area contributed by atoms with Crippen molar-refractivity contribution < 1.29 is 0 Å². The van der Waals surface area contributed by atoms with Crippen molar-refractivity contribution in [3.63, 3.8) is 0 Å². The number of nitrogens with one attached hydrogen (secondary N) is 1. The maximum absolute atomic E-state index is 5.82. The van der Waals surface area contributed by atoms with E-state index in [1.165, 1.54) is 0 Å². The van der Waals surface area contributed by atoms with Crippen LogP contribution in [0.2, 0.25) is 10.2 Å². The SMILES string of the molecule is Clc1cc(Cl)c2c[nH]nc2n1. The van der Waals surface area contributed by atoms with Crippen LogP contribution in [0.25, 0.3) is 11.0 Å². The van der Waals surface area contributed by atoms with Crippen molar-refractivity contribution in [1.82, 2.24) is 15.2 Å². The number of fused-ring (bicyclic) bond motifs is 1. The minimum atomic E-state index is 0.356. The predicted molar refractivity (Wildman–Crippen MR) is 43.9 cm³/mol. The molecule has 3 nitrogen and oxygen atoms in total. The number of hydrogen-bond acceptors (Lipinski definition) is 2. The number of H-pyrrole nitrogens is 1. The molecule has 56 valence electrons. The van der Waals surface area contributed by atoms with Gasteiger partial charge in [-0.1, -0.05) is 23.2 Å². The molecule has 11 heavy (non-hydrogen) atoms. The third-order valence-corrected chi connectivity index (χ3v) is 1.84. The molecule has 0 aromatic carbocycles. The van der Waals surface area contributed by atoms with Gasteiger partial charge >= 0.3 is 0 Å². The number of aromatic amines is 1. The molecular weight excluding hydrogens is 185 g/mol. The predicted octanol–water partition coefficient (Wildman–Crippen LogP) is 2.26. The molecular formula is C6H3Cl2N3. The number of halogens is 2. The summed E-state index contributed by atoms with van der Waals surface area (Å²) in [5.74, 6) is 0. The number of rotatable bonds is 0. The summed E-state index contributed by atoms with van der Waals surface area (Å²) in [6.07, 6.45) is 1.68. The summed E-state index contributed by atoms with van der Waals surface area (Å²) in [5, 5.41) is 8.19. The Morgan fingerprint density at radius 1 is 1.36 bits per heavy atom. The Balaban J connectivity index is 2.91. The van der Waals surface area contributed by atoms with E-state index in [9.17, 15) is 0 Å². The summed E-state index contributed by atoms with van der Waals surface area (Å²) >= 11 is 11.5. The standard InChI is InChI=1S/C6H3Cl2N3/c7-4-1-5(8)10-6-3(4)2-9-11-6/h1-2H,(H,9,10,11). The number of aromatic nitrogens is 3.